The Morgan fingerprint density at radius 3 is 2.53 bits per heavy atom. The van der Waals surface area contributed by atoms with Crippen molar-refractivity contribution in [1.82, 2.24) is 0 Å². The monoisotopic (exact) mass is 289 g/mol. The Morgan fingerprint density at radius 2 is 1.95 bits per heavy atom. The van der Waals surface area contributed by atoms with Crippen molar-refractivity contribution >= 4 is 9.84 Å². The van der Waals surface area contributed by atoms with E-state index in [1.165, 1.54) is 19.3 Å². The van der Waals surface area contributed by atoms with Crippen molar-refractivity contribution in [3.8, 4) is 0 Å². The molecular weight excluding hydrogens is 258 g/mol. The third kappa shape index (κ3) is 5.82. The van der Waals surface area contributed by atoms with Crippen LogP contribution in [0, 0.1) is 11.8 Å². The minimum absolute atomic E-state index is 0.118. The molecule has 19 heavy (non-hydrogen) atoms. The molecule has 0 heterocycles. The van der Waals surface area contributed by atoms with E-state index >= 15 is 0 Å². The summed E-state index contributed by atoms with van der Waals surface area (Å²) in [7, 11) is -2.84. The van der Waals surface area contributed by atoms with Crippen molar-refractivity contribution in [2.75, 3.05) is 11.5 Å². The van der Waals surface area contributed by atoms with Crippen molar-refractivity contribution in [3.63, 3.8) is 0 Å². The predicted octanol–water partition coefficient (Wildman–Crippen LogP) is 3.14. The Bertz CT molecular complexity index is 364. The number of nitrogens with two attached hydrogens (primary N) is 1. The zero-order valence-corrected chi connectivity index (χ0v) is 13.6. The van der Waals surface area contributed by atoms with Gasteiger partial charge in [0.25, 0.3) is 0 Å². The molecule has 1 fully saturated rings. The molecule has 0 aromatic heterocycles. The Labute approximate surface area is 119 Å². The summed E-state index contributed by atoms with van der Waals surface area (Å²) < 4.78 is 23.0. The van der Waals surface area contributed by atoms with Gasteiger partial charge in [0.1, 0.15) is 9.84 Å². The maximum atomic E-state index is 11.5. The van der Waals surface area contributed by atoms with Gasteiger partial charge >= 0.3 is 0 Å². The predicted molar refractivity (Wildman–Crippen MR) is 81.9 cm³/mol. The van der Waals surface area contributed by atoms with Crippen LogP contribution >= 0.6 is 0 Å². The third-order valence-electron chi connectivity index (χ3n) is 4.78. The van der Waals surface area contributed by atoms with Crippen molar-refractivity contribution in [2.45, 2.75) is 71.3 Å². The van der Waals surface area contributed by atoms with Crippen LogP contribution < -0.4 is 5.73 Å². The van der Waals surface area contributed by atoms with Crippen LogP contribution in [0.1, 0.15) is 65.7 Å². The summed E-state index contributed by atoms with van der Waals surface area (Å²) in [5, 5.41) is 0. The SMILES string of the molecule is CCS(=O)(=O)CCCC1(N)CCCC(C(C)C)CC1. The minimum atomic E-state index is -2.84. The van der Waals surface area contributed by atoms with Crippen LogP contribution in [0.25, 0.3) is 0 Å². The molecule has 114 valence electrons. The van der Waals surface area contributed by atoms with E-state index in [9.17, 15) is 8.42 Å². The first-order chi connectivity index (χ1) is 8.78. The smallest absolute Gasteiger partial charge is 0.150 e. The number of rotatable bonds is 6. The van der Waals surface area contributed by atoms with Gasteiger partial charge in [0.05, 0.1) is 5.75 Å². The van der Waals surface area contributed by atoms with Crippen LogP contribution in [0.3, 0.4) is 0 Å². The molecule has 2 unspecified atom stereocenters. The van der Waals surface area contributed by atoms with E-state index < -0.39 is 9.84 Å². The molecule has 0 spiro atoms. The van der Waals surface area contributed by atoms with Gasteiger partial charge in [-0.15, -0.1) is 0 Å². The van der Waals surface area contributed by atoms with Crippen LogP contribution in [0.15, 0.2) is 0 Å². The minimum Gasteiger partial charge on any atom is -0.325 e. The second kappa shape index (κ2) is 7.07. The van der Waals surface area contributed by atoms with Crippen molar-refractivity contribution in [1.29, 1.82) is 0 Å². The Hall–Kier alpha value is -0.0900. The topological polar surface area (TPSA) is 60.2 Å². The second-order valence-electron chi connectivity index (χ2n) is 6.64. The zero-order valence-electron chi connectivity index (χ0n) is 12.8. The molecule has 4 heteroatoms. The average molecular weight is 289 g/mol. The molecule has 0 aromatic carbocycles. The number of sulfone groups is 1. The van der Waals surface area contributed by atoms with Gasteiger partial charge in [0.2, 0.25) is 0 Å². The Morgan fingerprint density at radius 1 is 1.26 bits per heavy atom. The molecule has 2 N–H and O–H groups in total. The highest BCUT2D eigenvalue weighted by Crippen LogP contribution is 2.34. The van der Waals surface area contributed by atoms with Crippen LogP contribution in [0.2, 0.25) is 0 Å². The van der Waals surface area contributed by atoms with Crippen molar-refractivity contribution in [3.05, 3.63) is 0 Å². The lowest BCUT2D eigenvalue weighted by Crippen LogP contribution is -2.39. The van der Waals surface area contributed by atoms with Gasteiger partial charge in [0.15, 0.2) is 0 Å². The molecule has 1 rings (SSSR count). The maximum absolute atomic E-state index is 11.5. The molecule has 1 aliphatic rings. The van der Waals surface area contributed by atoms with Gasteiger partial charge < -0.3 is 5.73 Å². The molecule has 0 amide bonds. The molecule has 1 aliphatic carbocycles. The summed E-state index contributed by atoms with van der Waals surface area (Å²) in [5.41, 5.74) is 6.38. The first-order valence-electron chi connectivity index (χ1n) is 7.77. The maximum Gasteiger partial charge on any atom is 0.150 e. The first-order valence-corrected chi connectivity index (χ1v) is 9.59. The summed E-state index contributed by atoms with van der Waals surface area (Å²) in [4.78, 5) is 0. The molecule has 0 aromatic rings. The van der Waals surface area contributed by atoms with Gasteiger partial charge in [-0.05, 0) is 43.9 Å². The van der Waals surface area contributed by atoms with Gasteiger partial charge in [-0.2, -0.15) is 0 Å². The van der Waals surface area contributed by atoms with Crippen LogP contribution in [0.4, 0.5) is 0 Å². The second-order valence-corrected chi connectivity index (χ2v) is 9.11. The normalized spacial score (nSPS) is 29.4. The average Bonchev–Trinajstić information content (AvgIpc) is 2.51. The molecule has 0 radical (unpaired) electrons. The summed E-state index contributed by atoms with van der Waals surface area (Å²) in [5.74, 6) is 2.09. The standard InChI is InChI=1S/C15H31NO2S/c1-4-19(17,18)12-6-10-15(16)9-5-7-14(8-11-15)13(2)3/h13-14H,4-12,16H2,1-3H3. The van der Waals surface area contributed by atoms with Crippen LogP contribution in [0.5, 0.6) is 0 Å². The lowest BCUT2D eigenvalue weighted by atomic mass is 9.85. The summed E-state index contributed by atoms with van der Waals surface area (Å²) in [6.45, 7) is 6.30. The fourth-order valence-corrected chi connectivity index (χ4v) is 4.04. The van der Waals surface area contributed by atoms with Crippen LogP contribution in [-0.4, -0.2) is 25.5 Å². The van der Waals surface area contributed by atoms with E-state index in [-0.39, 0.29) is 11.3 Å². The lowest BCUT2D eigenvalue weighted by molar-refractivity contribution is 0.311. The molecular formula is C15H31NO2S. The number of hydrogen-bond donors (Lipinski definition) is 1. The van der Waals surface area contributed by atoms with Gasteiger partial charge in [-0.1, -0.05) is 33.6 Å². The summed E-state index contributed by atoms with van der Waals surface area (Å²) >= 11 is 0. The fourth-order valence-electron chi connectivity index (χ4n) is 3.16. The van der Waals surface area contributed by atoms with Gasteiger partial charge in [-0.3, -0.25) is 0 Å². The summed E-state index contributed by atoms with van der Waals surface area (Å²) in [6, 6.07) is 0. The Balaban J connectivity index is 2.44. The zero-order chi connectivity index (χ0) is 14.5. The Kier molecular flexibility index (Phi) is 6.31. The highest BCUT2D eigenvalue weighted by atomic mass is 32.2. The highest BCUT2D eigenvalue weighted by molar-refractivity contribution is 7.91. The molecule has 2 atom stereocenters. The van der Waals surface area contributed by atoms with Gasteiger partial charge in [0, 0.05) is 11.3 Å². The van der Waals surface area contributed by atoms with Crippen molar-refractivity contribution in [2.24, 2.45) is 17.6 Å². The molecule has 0 bridgehead atoms. The van der Waals surface area contributed by atoms with E-state index in [1.54, 1.807) is 6.92 Å². The molecule has 0 saturated heterocycles. The molecule has 1 saturated carbocycles. The van der Waals surface area contributed by atoms with E-state index in [0.29, 0.717) is 5.75 Å². The largest absolute Gasteiger partial charge is 0.325 e. The van der Waals surface area contributed by atoms with E-state index in [0.717, 1.165) is 37.5 Å². The van der Waals surface area contributed by atoms with Gasteiger partial charge in [-0.25, -0.2) is 8.42 Å². The fraction of sp³-hybridized carbons (Fsp3) is 1.00. The molecule has 0 aliphatic heterocycles. The van der Waals surface area contributed by atoms with Crippen molar-refractivity contribution < 1.29 is 8.42 Å². The quantitative estimate of drug-likeness (QED) is 0.764. The summed E-state index contributed by atoms with van der Waals surface area (Å²) in [6.07, 6.45) is 7.37. The third-order valence-corrected chi connectivity index (χ3v) is 6.57. The lowest BCUT2D eigenvalue weighted by Gasteiger charge is -2.28. The molecule has 3 nitrogen and oxygen atoms in total. The van der Waals surface area contributed by atoms with E-state index in [4.69, 9.17) is 5.73 Å². The van der Waals surface area contributed by atoms with E-state index in [2.05, 4.69) is 13.8 Å². The number of hydrogen-bond acceptors (Lipinski definition) is 3. The van der Waals surface area contributed by atoms with E-state index in [1.807, 2.05) is 0 Å². The van der Waals surface area contributed by atoms with Crippen LogP contribution in [-0.2, 0) is 9.84 Å². The highest BCUT2D eigenvalue weighted by Gasteiger charge is 2.30. The first kappa shape index (κ1) is 17.0.